The minimum atomic E-state index is -3.75. The first-order valence-corrected chi connectivity index (χ1v) is 7.77. The molecule has 1 N–H and O–H groups in total. The molecule has 2 aliphatic rings. The third-order valence-electron chi connectivity index (χ3n) is 3.59. The number of sulfonamides is 1. The van der Waals surface area contributed by atoms with Crippen molar-refractivity contribution in [2.75, 3.05) is 19.6 Å². The maximum absolute atomic E-state index is 12.3. The van der Waals surface area contributed by atoms with E-state index in [9.17, 15) is 13.2 Å². The van der Waals surface area contributed by atoms with E-state index in [0.717, 1.165) is 30.2 Å². The number of hydrogen-bond acceptors (Lipinski definition) is 5. The summed E-state index contributed by atoms with van der Waals surface area (Å²) in [5.41, 5.74) is 0.186. The van der Waals surface area contributed by atoms with E-state index in [4.69, 9.17) is 0 Å². The summed E-state index contributed by atoms with van der Waals surface area (Å²) in [4.78, 5) is 16.0. The van der Waals surface area contributed by atoms with E-state index >= 15 is 0 Å². The molecule has 102 valence electrons. The van der Waals surface area contributed by atoms with Crippen molar-refractivity contribution in [3.8, 4) is 0 Å². The number of hydrogen-bond donors (Lipinski definition) is 1. The van der Waals surface area contributed by atoms with Gasteiger partial charge in [-0.25, -0.2) is 9.29 Å². The van der Waals surface area contributed by atoms with Crippen molar-refractivity contribution in [1.29, 1.82) is 0 Å². The topological polar surface area (TPSA) is 79.4 Å². The number of carbonyl (C=O) groups excluding carboxylic acids is 1. The first-order valence-electron chi connectivity index (χ1n) is 6.33. The van der Waals surface area contributed by atoms with Crippen molar-refractivity contribution in [1.82, 2.24) is 14.6 Å². The zero-order valence-electron chi connectivity index (χ0n) is 10.4. The first kappa shape index (κ1) is 12.6. The van der Waals surface area contributed by atoms with Crippen LogP contribution in [0, 0.1) is 5.92 Å². The quantitative estimate of drug-likeness (QED) is 0.839. The maximum Gasteiger partial charge on any atom is 0.285 e. The molecule has 7 heteroatoms. The second-order valence-corrected chi connectivity index (χ2v) is 6.69. The van der Waals surface area contributed by atoms with Crippen molar-refractivity contribution in [3.63, 3.8) is 0 Å². The predicted octanol–water partition coefficient (Wildman–Crippen LogP) is 0.226. The summed E-state index contributed by atoms with van der Waals surface area (Å²) < 4.78 is 25.6. The van der Waals surface area contributed by atoms with Crippen LogP contribution in [-0.2, 0) is 10.0 Å². The molecule has 3 rings (SSSR count). The summed E-state index contributed by atoms with van der Waals surface area (Å²) >= 11 is 0. The minimum absolute atomic E-state index is 0.108. The Morgan fingerprint density at radius 2 is 2.32 bits per heavy atom. The van der Waals surface area contributed by atoms with Crippen molar-refractivity contribution >= 4 is 15.9 Å². The normalized spacial score (nSPS) is 25.4. The molecule has 0 bridgehead atoms. The SMILES string of the molecule is O=C1c2cccnc2S(=O)(=O)N1CC1CCCNC1. The number of piperidine rings is 1. The Morgan fingerprint density at radius 1 is 1.47 bits per heavy atom. The van der Waals surface area contributed by atoms with Crippen LogP contribution in [0.5, 0.6) is 0 Å². The zero-order valence-corrected chi connectivity index (χ0v) is 11.2. The average Bonchev–Trinajstić information content (AvgIpc) is 2.62. The molecule has 6 nitrogen and oxygen atoms in total. The molecule has 2 aliphatic heterocycles. The van der Waals surface area contributed by atoms with Gasteiger partial charge in [0.2, 0.25) is 0 Å². The molecule has 0 spiro atoms. The highest BCUT2D eigenvalue weighted by atomic mass is 32.2. The van der Waals surface area contributed by atoms with Crippen LogP contribution in [0.3, 0.4) is 0 Å². The third kappa shape index (κ3) is 2.02. The van der Waals surface area contributed by atoms with Gasteiger partial charge in [0.25, 0.3) is 15.9 Å². The molecule has 3 heterocycles. The van der Waals surface area contributed by atoms with E-state index in [-0.39, 0.29) is 23.1 Å². The van der Waals surface area contributed by atoms with Crippen molar-refractivity contribution in [2.45, 2.75) is 17.9 Å². The largest absolute Gasteiger partial charge is 0.316 e. The average molecular weight is 281 g/mol. The van der Waals surface area contributed by atoms with Gasteiger partial charge in [0.15, 0.2) is 5.03 Å². The predicted molar refractivity (Wildman–Crippen MR) is 68.1 cm³/mol. The van der Waals surface area contributed by atoms with Gasteiger partial charge in [0.1, 0.15) is 0 Å². The van der Waals surface area contributed by atoms with Crippen LogP contribution in [0.2, 0.25) is 0 Å². The molecule has 1 fully saturated rings. The number of nitrogens with zero attached hydrogens (tertiary/aromatic N) is 2. The Hall–Kier alpha value is -1.47. The molecule has 0 aliphatic carbocycles. The number of amides is 1. The van der Waals surface area contributed by atoms with E-state index in [1.807, 2.05) is 0 Å². The highest BCUT2D eigenvalue weighted by Crippen LogP contribution is 2.29. The maximum atomic E-state index is 12.3. The second kappa shape index (κ2) is 4.57. The Balaban J connectivity index is 1.90. The van der Waals surface area contributed by atoms with E-state index in [0.29, 0.717) is 0 Å². The Labute approximate surface area is 111 Å². The van der Waals surface area contributed by atoms with Crippen LogP contribution < -0.4 is 5.32 Å². The van der Waals surface area contributed by atoms with Gasteiger partial charge in [-0.2, -0.15) is 8.42 Å². The van der Waals surface area contributed by atoms with Crippen LogP contribution in [-0.4, -0.2) is 43.2 Å². The molecule has 1 amide bonds. The van der Waals surface area contributed by atoms with Crippen LogP contribution in [0.25, 0.3) is 0 Å². The monoisotopic (exact) mass is 281 g/mol. The van der Waals surface area contributed by atoms with Crippen LogP contribution in [0.4, 0.5) is 0 Å². The molecule has 1 aromatic heterocycles. The van der Waals surface area contributed by atoms with Gasteiger partial charge in [-0.15, -0.1) is 0 Å². The van der Waals surface area contributed by atoms with Crippen LogP contribution >= 0.6 is 0 Å². The number of aromatic nitrogens is 1. The summed E-state index contributed by atoms with van der Waals surface area (Å²) in [6.45, 7) is 1.95. The minimum Gasteiger partial charge on any atom is -0.316 e. The van der Waals surface area contributed by atoms with E-state index < -0.39 is 15.9 Å². The molecule has 1 unspecified atom stereocenters. The number of rotatable bonds is 2. The van der Waals surface area contributed by atoms with Crippen LogP contribution in [0.15, 0.2) is 23.4 Å². The molecule has 1 aromatic rings. The van der Waals surface area contributed by atoms with Gasteiger partial charge >= 0.3 is 0 Å². The lowest BCUT2D eigenvalue weighted by molar-refractivity contribution is 0.0851. The lowest BCUT2D eigenvalue weighted by atomic mass is 10.00. The molecule has 0 saturated carbocycles. The third-order valence-corrected chi connectivity index (χ3v) is 5.29. The van der Waals surface area contributed by atoms with Crippen LogP contribution in [0.1, 0.15) is 23.2 Å². The van der Waals surface area contributed by atoms with Gasteiger partial charge in [-0.05, 0) is 44.0 Å². The lowest BCUT2D eigenvalue weighted by Crippen LogP contribution is -2.40. The molecule has 19 heavy (non-hydrogen) atoms. The van der Waals surface area contributed by atoms with Gasteiger partial charge in [-0.3, -0.25) is 4.79 Å². The summed E-state index contributed by atoms with van der Waals surface area (Å²) in [7, 11) is -3.75. The smallest absolute Gasteiger partial charge is 0.285 e. The molecular weight excluding hydrogens is 266 g/mol. The van der Waals surface area contributed by atoms with Crippen molar-refractivity contribution in [3.05, 3.63) is 23.9 Å². The number of nitrogens with one attached hydrogen (secondary N) is 1. The fraction of sp³-hybridized carbons (Fsp3) is 0.500. The molecule has 0 radical (unpaired) electrons. The summed E-state index contributed by atoms with van der Waals surface area (Å²) in [6.07, 6.45) is 3.35. The second-order valence-electron chi connectivity index (χ2n) is 4.91. The van der Waals surface area contributed by atoms with Gasteiger partial charge in [0.05, 0.1) is 5.56 Å². The number of fused-ring (bicyclic) bond motifs is 1. The van der Waals surface area contributed by atoms with Crippen molar-refractivity contribution in [2.24, 2.45) is 5.92 Å². The van der Waals surface area contributed by atoms with Crippen molar-refractivity contribution < 1.29 is 13.2 Å². The first-order chi connectivity index (χ1) is 9.10. The molecular formula is C12H15N3O3S. The van der Waals surface area contributed by atoms with E-state index in [1.54, 1.807) is 6.07 Å². The standard InChI is InChI=1S/C12H15N3O3S/c16-12-10-4-2-6-14-11(10)19(17,18)15(12)8-9-3-1-5-13-7-9/h2,4,6,9,13H,1,3,5,7-8H2. The Kier molecular flexibility index (Phi) is 3.02. The van der Waals surface area contributed by atoms with E-state index in [2.05, 4.69) is 10.3 Å². The Morgan fingerprint density at radius 3 is 3.00 bits per heavy atom. The lowest BCUT2D eigenvalue weighted by Gasteiger charge is -2.26. The van der Waals surface area contributed by atoms with E-state index in [1.165, 1.54) is 12.3 Å². The zero-order chi connectivity index (χ0) is 13.5. The summed E-state index contributed by atoms with van der Waals surface area (Å²) in [5.74, 6) is -0.268. The number of pyridine rings is 1. The highest BCUT2D eigenvalue weighted by molar-refractivity contribution is 7.90. The molecule has 1 saturated heterocycles. The molecule has 1 atom stereocenters. The fourth-order valence-electron chi connectivity index (χ4n) is 2.60. The summed E-state index contributed by atoms with van der Waals surface area (Å²) in [6, 6.07) is 3.10. The Bertz CT molecular complexity index is 608. The fourth-order valence-corrected chi connectivity index (χ4v) is 4.16. The number of carbonyl (C=O) groups is 1. The molecule has 0 aromatic carbocycles. The highest BCUT2D eigenvalue weighted by Gasteiger charge is 2.43. The summed E-state index contributed by atoms with van der Waals surface area (Å²) in [5, 5.41) is 3.12. The van der Waals surface area contributed by atoms with Gasteiger partial charge in [0, 0.05) is 12.7 Å². The van der Waals surface area contributed by atoms with Gasteiger partial charge in [-0.1, -0.05) is 0 Å². The van der Waals surface area contributed by atoms with Gasteiger partial charge < -0.3 is 5.32 Å².